The Hall–Kier alpha value is 0.200. The Morgan fingerprint density at radius 1 is 1.31 bits per heavy atom. The molecule has 13 heavy (non-hydrogen) atoms. The molecule has 0 saturated heterocycles. The van der Waals surface area contributed by atoms with Crippen molar-refractivity contribution in [2.45, 2.75) is 24.4 Å². The van der Waals surface area contributed by atoms with Crippen LogP contribution in [0.1, 0.15) is 0 Å². The smallest absolute Gasteiger partial charge is 0.211 e. The van der Waals surface area contributed by atoms with E-state index in [-0.39, 0.29) is 0 Å². The molecule has 0 aliphatic heterocycles. The van der Waals surface area contributed by atoms with E-state index in [2.05, 4.69) is 0 Å². The lowest BCUT2D eigenvalue weighted by atomic mass is 10.0. The summed E-state index contributed by atoms with van der Waals surface area (Å²) in [6.07, 6.45) is -4.71. The third kappa shape index (κ3) is 3.83. The van der Waals surface area contributed by atoms with Gasteiger partial charge >= 0.3 is 0 Å². The maximum absolute atomic E-state index is 10.6. The first kappa shape index (κ1) is 13.2. The molecule has 0 bridgehead atoms. The molecule has 7 heteroatoms. The van der Waals surface area contributed by atoms with Gasteiger partial charge in [-0.15, -0.1) is 0 Å². The number of aliphatic hydroxyl groups is 4. The van der Waals surface area contributed by atoms with Gasteiger partial charge in [-0.05, 0) is 0 Å². The van der Waals surface area contributed by atoms with Crippen molar-refractivity contribution < 1.29 is 25.2 Å². The number of nitrogens with two attached hydrogens (primary N) is 1. The normalized spacial score (nSPS) is 20.5. The molecule has 0 aromatic heterocycles. The summed E-state index contributed by atoms with van der Waals surface area (Å²) in [7, 11) is 0. The first-order valence-corrected chi connectivity index (χ1v) is 4.59. The Kier molecular flexibility index (Phi) is 5.92. The highest BCUT2D eigenvalue weighted by Crippen LogP contribution is 2.06. The Labute approximate surface area is 88.5 Å². The van der Waals surface area contributed by atoms with E-state index >= 15 is 0 Å². The van der Waals surface area contributed by atoms with Crippen LogP contribution in [-0.2, 0) is 4.79 Å². The molecule has 6 nitrogen and oxygen atoms in total. The van der Waals surface area contributed by atoms with Gasteiger partial charge in [0, 0.05) is 22.6 Å². The van der Waals surface area contributed by atoms with Crippen molar-refractivity contribution in [1.82, 2.24) is 0 Å². The highest BCUT2D eigenvalue weighted by atomic mass is 127. The van der Waals surface area contributed by atoms with E-state index in [1.807, 2.05) is 0 Å². The molecule has 4 atom stereocenters. The highest BCUT2D eigenvalue weighted by Gasteiger charge is 2.31. The van der Waals surface area contributed by atoms with Crippen LogP contribution in [0.25, 0.3) is 0 Å². The van der Waals surface area contributed by atoms with Gasteiger partial charge in [0.25, 0.3) is 0 Å². The van der Waals surface area contributed by atoms with Crippen LogP contribution in [0.2, 0.25) is 0 Å². The van der Waals surface area contributed by atoms with Gasteiger partial charge in [-0.2, -0.15) is 0 Å². The minimum atomic E-state index is -1.63. The van der Waals surface area contributed by atoms with Crippen LogP contribution in [0.15, 0.2) is 0 Å². The van der Waals surface area contributed by atoms with Gasteiger partial charge in [-0.1, -0.05) is 0 Å². The molecule has 0 aliphatic rings. The van der Waals surface area contributed by atoms with Crippen molar-refractivity contribution in [3.8, 4) is 0 Å². The number of hydrogen-bond acceptors (Lipinski definition) is 6. The van der Waals surface area contributed by atoms with E-state index in [1.54, 1.807) is 0 Å². The summed E-state index contributed by atoms with van der Waals surface area (Å²) >= 11 is 1.37. The molecule has 0 aromatic carbocycles. The molecule has 78 valence electrons. The number of halogens is 1. The zero-order chi connectivity index (χ0) is 10.6. The van der Waals surface area contributed by atoms with Crippen molar-refractivity contribution >= 4 is 26.4 Å². The number of carbonyl (C=O) groups is 1. The molecule has 0 amide bonds. The van der Waals surface area contributed by atoms with Crippen molar-refractivity contribution in [1.29, 1.82) is 0 Å². The lowest BCUT2D eigenvalue weighted by molar-refractivity contribution is -0.119. The number of carbonyl (C=O) groups excluding carboxylic acids is 1. The Bertz CT molecular complexity index is 178. The monoisotopic (exact) mass is 305 g/mol. The van der Waals surface area contributed by atoms with Gasteiger partial charge in [0.1, 0.15) is 24.4 Å². The second kappa shape index (κ2) is 5.83. The molecular weight excluding hydrogens is 293 g/mol. The average molecular weight is 305 g/mol. The maximum atomic E-state index is 10.6. The topological polar surface area (TPSA) is 124 Å². The fraction of sp³-hybridized carbons (Fsp3) is 0.833. The van der Waals surface area contributed by atoms with Crippen LogP contribution >= 0.6 is 22.6 Å². The van der Waals surface area contributed by atoms with E-state index < -0.39 is 34.8 Å². The maximum Gasteiger partial charge on any atom is 0.211 e. The first-order valence-electron chi connectivity index (χ1n) is 3.51. The molecule has 0 aliphatic carbocycles. The van der Waals surface area contributed by atoms with Gasteiger partial charge in [-0.3, -0.25) is 4.79 Å². The molecule has 0 heterocycles. The fourth-order valence-electron chi connectivity index (χ4n) is 0.682. The Balaban J connectivity index is 4.24. The minimum absolute atomic E-state index is 0.533. The van der Waals surface area contributed by atoms with E-state index in [0.29, 0.717) is 0 Å². The predicted molar refractivity (Wildman–Crippen MR) is 52.1 cm³/mol. The molecular formula is C6H12INO5. The van der Waals surface area contributed by atoms with Crippen LogP contribution in [0, 0.1) is 0 Å². The third-order valence-corrected chi connectivity index (χ3v) is 2.28. The van der Waals surface area contributed by atoms with Crippen LogP contribution in [0.4, 0.5) is 0 Å². The predicted octanol–water partition coefficient (Wildman–Crippen LogP) is -2.65. The standard InChI is InChI=1S/C6H12INO5/c7-6(13)3(8)5(12)4(11)2(10)1-9/h2-5,9-12H,1,8H2/t2?,3-,4-,5-/m1/s1. The zero-order valence-corrected chi connectivity index (χ0v) is 8.83. The zero-order valence-electron chi connectivity index (χ0n) is 6.67. The SMILES string of the molecule is N[C@@H](C(=O)I)[C@@H](O)[C@H](O)C(O)CO. The van der Waals surface area contributed by atoms with E-state index in [1.165, 1.54) is 22.6 Å². The molecule has 0 fully saturated rings. The molecule has 0 rings (SSSR count). The molecule has 6 N–H and O–H groups in total. The Morgan fingerprint density at radius 3 is 2.08 bits per heavy atom. The second-order valence-corrected chi connectivity index (χ2v) is 3.62. The number of hydrogen-bond donors (Lipinski definition) is 5. The van der Waals surface area contributed by atoms with Gasteiger partial charge in [0.2, 0.25) is 3.79 Å². The van der Waals surface area contributed by atoms with E-state index in [9.17, 15) is 9.90 Å². The summed E-state index contributed by atoms with van der Waals surface area (Å²) in [6.45, 7) is -0.708. The molecule has 0 spiro atoms. The summed E-state index contributed by atoms with van der Waals surface area (Å²) in [5.41, 5.74) is 5.19. The molecule has 0 aromatic rings. The first-order chi connectivity index (χ1) is 5.91. The Morgan fingerprint density at radius 2 is 1.77 bits per heavy atom. The van der Waals surface area contributed by atoms with Crippen molar-refractivity contribution in [3.05, 3.63) is 0 Å². The average Bonchev–Trinajstić information content (AvgIpc) is 2.12. The van der Waals surface area contributed by atoms with Crippen molar-refractivity contribution in [2.24, 2.45) is 5.73 Å². The highest BCUT2D eigenvalue weighted by molar-refractivity contribution is 14.1. The molecule has 1 unspecified atom stereocenters. The van der Waals surface area contributed by atoms with Crippen molar-refractivity contribution in [2.75, 3.05) is 6.61 Å². The summed E-state index contributed by atoms with van der Waals surface area (Å²) < 4.78 is -0.533. The second-order valence-electron chi connectivity index (χ2n) is 2.56. The summed E-state index contributed by atoms with van der Waals surface area (Å²) in [6, 6.07) is -1.27. The van der Waals surface area contributed by atoms with Gasteiger partial charge in [-0.25, -0.2) is 0 Å². The van der Waals surface area contributed by atoms with Gasteiger partial charge in [0.15, 0.2) is 0 Å². The van der Waals surface area contributed by atoms with E-state index in [4.69, 9.17) is 21.1 Å². The number of rotatable bonds is 5. The third-order valence-electron chi connectivity index (χ3n) is 1.56. The molecule has 0 saturated carbocycles. The van der Waals surface area contributed by atoms with Gasteiger partial charge < -0.3 is 26.2 Å². The summed E-state index contributed by atoms with van der Waals surface area (Å²) in [4.78, 5) is 10.6. The van der Waals surface area contributed by atoms with Crippen molar-refractivity contribution in [3.63, 3.8) is 0 Å². The summed E-state index contributed by atoms with van der Waals surface area (Å²) in [5, 5.41) is 35.6. The lowest BCUT2D eigenvalue weighted by Crippen LogP contribution is -2.51. The lowest BCUT2D eigenvalue weighted by Gasteiger charge is -2.24. The largest absolute Gasteiger partial charge is 0.394 e. The van der Waals surface area contributed by atoms with E-state index in [0.717, 1.165) is 0 Å². The summed E-state index contributed by atoms with van der Waals surface area (Å²) in [5.74, 6) is 0. The number of aliphatic hydroxyl groups excluding tert-OH is 4. The molecule has 0 radical (unpaired) electrons. The van der Waals surface area contributed by atoms with Crippen LogP contribution in [0.5, 0.6) is 0 Å². The van der Waals surface area contributed by atoms with Crippen LogP contribution in [0.3, 0.4) is 0 Å². The quantitative estimate of drug-likeness (QED) is 0.279. The fourth-order valence-corrected chi connectivity index (χ4v) is 1.05. The van der Waals surface area contributed by atoms with Crippen LogP contribution in [-0.4, -0.2) is 55.2 Å². The van der Waals surface area contributed by atoms with Crippen LogP contribution < -0.4 is 5.73 Å². The van der Waals surface area contributed by atoms with Gasteiger partial charge in [0.05, 0.1) is 6.61 Å². The minimum Gasteiger partial charge on any atom is -0.394 e.